The molecule has 1 aliphatic carbocycles. The second-order valence-corrected chi connectivity index (χ2v) is 16.1. The van der Waals surface area contributed by atoms with Crippen LogP contribution in [0.1, 0.15) is 25.0 Å². The van der Waals surface area contributed by atoms with E-state index in [-0.39, 0.29) is 5.41 Å². The van der Waals surface area contributed by atoms with Crippen molar-refractivity contribution < 1.29 is 0 Å². The molecule has 1 heterocycles. The minimum atomic E-state index is -0.0531. The van der Waals surface area contributed by atoms with Crippen molar-refractivity contribution in [2.24, 2.45) is 0 Å². The average Bonchev–Trinajstić information content (AvgIpc) is 3.75. The Balaban J connectivity index is 1.11. The molecular weight excluding hydrogens is 713 g/mol. The summed E-state index contributed by atoms with van der Waals surface area (Å²) >= 11 is 0. The Hall–Kier alpha value is -7.42. The standard InChI is InChI=1S/C57H42N2/c1-57(2)51-26-14-12-24-48(51)49-35-31-42(37-52(49)57)39-29-32-44(33-30-39)58(53-27-15-13-23-46(53)40-17-6-3-7-18-40)45-34-36-54-50(38-45)56-47(41-19-8-4-9-20-41)25-16-28-55(56)59(54)43-21-10-5-11-22-43/h3-38H,1-2H3. The molecule has 0 unspecified atom stereocenters. The third-order valence-corrected chi connectivity index (χ3v) is 12.4. The van der Waals surface area contributed by atoms with Gasteiger partial charge in [0.05, 0.1) is 16.7 Å². The van der Waals surface area contributed by atoms with Crippen LogP contribution in [-0.4, -0.2) is 4.57 Å². The second-order valence-electron chi connectivity index (χ2n) is 16.1. The number of anilines is 3. The number of benzene rings is 9. The molecule has 1 aromatic heterocycles. The largest absolute Gasteiger partial charge is 0.310 e. The Bertz CT molecular complexity index is 3160. The molecule has 2 nitrogen and oxygen atoms in total. The van der Waals surface area contributed by atoms with Gasteiger partial charge in [0.1, 0.15) is 0 Å². The maximum absolute atomic E-state index is 2.44. The summed E-state index contributed by atoms with van der Waals surface area (Å²) in [6, 6.07) is 79.8. The van der Waals surface area contributed by atoms with Crippen molar-refractivity contribution in [2.75, 3.05) is 4.90 Å². The lowest BCUT2D eigenvalue weighted by atomic mass is 9.81. The molecule has 2 heteroatoms. The van der Waals surface area contributed by atoms with E-state index in [0.717, 1.165) is 22.7 Å². The zero-order chi connectivity index (χ0) is 39.5. The highest BCUT2D eigenvalue weighted by Crippen LogP contribution is 2.50. The van der Waals surface area contributed by atoms with Gasteiger partial charge in [-0.05, 0) is 111 Å². The van der Waals surface area contributed by atoms with Crippen molar-refractivity contribution in [3.8, 4) is 50.2 Å². The monoisotopic (exact) mass is 754 g/mol. The summed E-state index contributed by atoms with van der Waals surface area (Å²) in [6.45, 7) is 4.70. The minimum Gasteiger partial charge on any atom is -0.310 e. The maximum Gasteiger partial charge on any atom is 0.0547 e. The van der Waals surface area contributed by atoms with Gasteiger partial charge in [0.25, 0.3) is 0 Å². The lowest BCUT2D eigenvalue weighted by molar-refractivity contribution is 0.660. The molecule has 0 fully saturated rings. The Morgan fingerprint density at radius 1 is 0.373 bits per heavy atom. The smallest absolute Gasteiger partial charge is 0.0547 e. The number of aromatic nitrogens is 1. The Kier molecular flexibility index (Phi) is 8.20. The van der Waals surface area contributed by atoms with Crippen molar-refractivity contribution in [2.45, 2.75) is 19.3 Å². The molecule has 0 N–H and O–H groups in total. The summed E-state index contributed by atoms with van der Waals surface area (Å²) in [4.78, 5) is 2.44. The molecule has 9 aromatic carbocycles. The van der Waals surface area contributed by atoms with Gasteiger partial charge in [-0.15, -0.1) is 0 Å². The minimum absolute atomic E-state index is 0.0531. The third-order valence-electron chi connectivity index (χ3n) is 12.4. The molecule has 0 amide bonds. The quantitative estimate of drug-likeness (QED) is 0.157. The van der Waals surface area contributed by atoms with Gasteiger partial charge >= 0.3 is 0 Å². The molecule has 0 bridgehead atoms. The molecule has 0 spiro atoms. The van der Waals surface area contributed by atoms with E-state index in [4.69, 9.17) is 0 Å². The van der Waals surface area contributed by atoms with E-state index in [1.807, 2.05) is 0 Å². The molecule has 0 saturated heterocycles. The lowest BCUT2D eigenvalue weighted by Crippen LogP contribution is -2.14. The van der Waals surface area contributed by atoms with E-state index in [1.165, 1.54) is 77.4 Å². The van der Waals surface area contributed by atoms with Crippen molar-refractivity contribution in [1.29, 1.82) is 0 Å². The first-order valence-electron chi connectivity index (χ1n) is 20.5. The van der Waals surface area contributed by atoms with Crippen LogP contribution in [-0.2, 0) is 5.41 Å². The van der Waals surface area contributed by atoms with Crippen molar-refractivity contribution in [3.05, 3.63) is 230 Å². The summed E-state index contributed by atoms with van der Waals surface area (Å²) in [6.07, 6.45) is 0. The highest BCUT2D eigenvalue weighted by molar-refractivity contribution is 6.17. The van der Waals surface area contributed by atoms with E-state index < -0.39 is 0 Å². The van der Waals surface area contributed by atoms with Crippen LogP contribution in [0.5, 0.6) is 0 Å². The van der Waals surface area contributed by atoms with Crippen LogP contribution >= 0.6 is 0 Å². The van der Waals surface area contributed by atoms with Crippen LogP contribution in [0.25, 0.3) is 72.0 Å². The van der Waals surface area contributed by atoms with Crippen LogP contribution < -0.4 is 4.90 Å². The molecular formula is C57H42N2. The SMILES string of the molecule is CC1(C)c2ccccc2-c2ccc(-c3ccc(N(c4ccc5c(c4)c4c(-c6ccccc6)cccc4n5-c4ccccc4)c4ccccc4-c4ccccc4)cc3)cc21. The second kappa shape index (κ2) is 13.9. The lowest BCUT2D eigenvalue weighted by Gasteiger charge is -2.28. The number of hydrogen-bond donors (Lipinski definition) is 0. The topological polar surface area (TPSA) is 8.17 Å². The van der Waals surface area contributed by atoms with Gasteiger partial charge in [-0.1, -0.05) is 172 Å². The van der Waals surface area contributed by atoms with Crippen LogP contribution in [0.15, 0.2) is 218 Å². The van der Waals surface area contributed by atoms with Gasteiger partial charge in [-0.25, -0.2) is 0 Å². The van der Waals surface area contributed by atoms with E-state index in [0.29, 0.717) is 0 Å². The van der Waals surface area contributed by atoms with Gasteiger partial charge in [-0.2, -0.15) is 0 Å². The first-order valence-corrected chi connectivity index (χ1v) is 20.5. The summed E-state index contributed by atoms with van der Waals surface area (Å²) in [5.41, 5.74) is 19.5. The van der Waals surface area contributed by atoms with Gasteiger partial charge < -0.3 is 9.47 Å². The van der Waals surface area contributed by atoms with Crippen molar-refractivity contribution in [1.82, 2.24) is 4.57 Å². The maximum atomic E-state index is 2.44. The highest BCUT2D eigenvalue weighted by Gasteiger charge is 2.35. The average molecular weight is 755 g/mol. The number of rotatable bonds is 7. The fraction of sp³-hybridized carbons (Fsp3) is 0.0526. The predicted octanol–water partition coefficient (Wildman–Crippen LogP) is 15.6. The fourth-order valence-corrected chi connectivity index (χ4v) is 9.56. The first-order chi connectivity index (χ1) is 29.0. The Morgan fingerprint density at radius 3 is 1.69 bits per heavy atom. The number of nitrogens with zero attached hydrogens (tertiary/aromatic N) is 2. The summed E-state index contributed by atoms with van der Waals surface area (Å²) in [7, 11) is 0. The number of hydrogen-bond acceptors (Lipinski definition) is 1. The molecule has 10 aromatic rings. The first kappa shape index (κ1) is 34.8. The van der Waals surface area contributed by atoms with E-state index >= 15 is 0 Å². The molecule has 1 aliphatic rings. The molecule has 280 valence electrons. The van der Waals surface area contributed by atoms with Crippen molar-refractivity contribution in [3.63, 3.8) is 0 Å². The van der Waals surface area contributed by atoms with Crippen molar-refractivity contribution >= 4 is 38.9 Å². The van der Waals surface area contributed by atoms with E-state index in [1.54, 1.807) is 0 Å². The number of para-hydroxylation sites is 2. The summed E-state index contributed by atoms with van der Waals surface area (Å²) in [5, 5.41) is 2.45. The van der Waals surface area contributed by atoms with Gasteiger partial charge in [0.2, 0.25) is 0 Å². The molecule has 59 heavy (non-hydrogen) atoms. The van der Waals surface area contributed by atoms with Crippen LogP contribution in [0.2, 0.25) is 0 Å². The Labute approximate surface area is 345 Å². The predicted molar refractivity (Wildman–Crippen MR) is 249 cm³/mol. The van der Waals surface area contributed by atoms with Gasteiger partial charge in [0.15, 0.2) is 0 Å². The zero-order valence-electron chi connectivity index (χ0n) is 33.2. The zero-order valence-corrected chi connectivity index (χ0v) is 33.2. The molecule has 0 aliphatic heterocycles. The van der Waals surface area contributed by atoms with Crippen LogP contribution in [0.3, 0.4) is 0 Å². The molecule has 0 radical (unpaired) electrons. The molecule has 11 rings (SSSR count). The highest BCUT2D eigenvalue weighted by atomic mass is 15.1. The summed E-state index contributed by atoms with van der Waals surface area (Å²) in [5.74, 6) is 0. The Morgan fingerprint density at radius 2 is 0.949 bits per heavy atom. The van der Waals surface area contributed by atoms with Gasteiger partial charge in [0, 0.05) is 38.8 Å². The third kappa shape index (κ3) is 5.71. The number of fused-ring (bicyclic) bond motifs is 6. The fourth-order valence-electron chi connectivity index (χ4n) is 9.56. The van der Waals surface area contributed by atoms with Crippen LogP contribution in [0.4, 0.5) is 17.1 Å². The normalized spacial score (nSPS) is 12.7. The van der Waals surface area contributed by atoms with E-state index in [9.17, 15) is 0 Å². The molecule has 0 saturated carbocycles. The molecule has 0 atom stereocenters. The van der Waals surface area contributed by atoms with E-state index in [2.05, 4.69) is 242 Å². The van der Waals surface area contributed by atoms with Gasteiger partial charge in [-0.3, -0.25) is 0 Å². The van der Waals surface area contributed by atoms with Crippen LogP contribution in [0, 0.1) is 0 Å². The summed E-state index contributed by atoms with van der Waals surface area (Å²) < 4.78 is 2.41.